The topological polar surface area (TPSA) is 139 Å². The van der Waals surface area contributed by atoms with Crippen molar-refractivity contribution in [2.24, 2.45) is 5.73 Å². The normalized spacial score (nSPS) is 22.1. The van der Waals surface area contributed by atoms with E-state index in [0.717, 1.165) is 4.90 Å². The Kier molecular flexibility index (Phi) is 5.71. The molecule has 0 spiro atoms. The van der Waals surface area contributed by atoms with Crippen molar-refractivity contribution in [3.05, 3.63) is 47.2 Å². The number of hydrogen-bond acceptors (Lipinski definition) is 7. The van der Waals surface area contributed by atoms with E-state index < -0.39 is 41.2 Å². The van der Waals surface area contributed by atoms with E-state index in [0.29, 0.717) is 11.1 Å². The molecule has 0 aliphatic carbocycles. The van der Waals surface area contributed by atoms with Crippen molar-refractivity contribution < 1.29 is 29.0 Å². The lowest BCUT2D eigenvalue weighted by molar-refractivity contribution is -0.151. The van der Waals surface area contributed by atoms with Crippen molar-refractivity contribution in [3.63, 3.8) is 0 Å². The summed E-state index contributed by atoms with van der Waals surface area (Å²) in [6.07, 6.45) is 0. The zero-order chi connectivity index (χ0) is 20.4. The number of ether oxygens (including phenoxy) is 1. The molecule has 1 saturated heterocycles. The van der Waals surface area contributed by atoms with Gasteiger partial charge in [0.2, 0.25) is 5.91 Å². The minimum absolute atomic E-state index is 0.198. The molecule has 1 fully saturated rings. The lowest BCUT2D eigenvalue weighted by atomic mass is 10.0. The zero-order valence-electron chi connectivity index (χ0n) is 15.0. The summed E-state index contributed by atoms with van der Waals surface area (Å²) in [5.74, 6) is -2.62. The van der Waals surface area contributed by atoms with Gasteiger partial charge in [0.05, 0.1) is 0 Å². The molecule has 4 N–H and O–H groups in total. The fraction of sp³-hybridized carbons (Fsp3) is 0.333. The Hall–Kier alpha value is -2.85. The summed E-state index contributed by atoms with van der Waals surface area (Å²) in [5.41, 5.74) is 6.69. The highest BCUT2D eigenvalue weighted by Gasteiger charge is 2.54. The van der Waals surface area contributed by atoms with Gasteiger partial charge in [-0.05, 0) is 5.56 Å². The maximum Gasteiger partial charge on any atom is 0.352 e. The van der Waals surface area contributed by atoms with Crippen molar-refractivity contribution in [3.8, 4) is 0 Å². The first-order valence-electron chi connectivity index (χ1n) is 8.45. The summed E-state index contributed by atoms with van der Waals surface area (Å²) in [4.78, 5) is 48.7. The maximum absolute atomic E-state index is 12.5. The summed E-state index contributed by atoms with van der Waals surface area (Å²) in [7, 11) is 0. The number of hydrogen-bond donors (Lipinski definition) is 3. The first-order chi connectivity index (χ1) is 13.3. The minimum atomic E-state index is -1.29. The van der Waals surface area contributed by atoms with Crippen LogP contribution >= 0.6 is 11.8 Å². The maximum atomic E-state index is 12.5. The van der Waals surface area contributed by atoms with Crippen LogP contribution in [0.4, 0.5) is 0 Å². The number of nitrogens with two attached hydrogens (primary N) is 1. The molecule has 10 heteroatoms. The van der Waals surface area contributed by atoms with E-state index in [4.69, 9.17) is 10.5 Å². The monoisotopic (exact) mass is 405 g/mol. The second kappa shape index (κ2) is 8.03. The van der Waals surface area contributed by atoms with Crippen LogP contribution in [0.15, 0.2) is 41.6 Å². The Morgan fingerprint density at radius 2 is 2.04 bits per heavy atom. The van der Waals surface area contributed by atoms with E-state index in [1.54, 1.807) is 30.3 Å². The number of carbonyl (C=O) groups excluding carboxylic acids is 3. The molecule has 3 rings (SSSR count). The fourth-order valence-electron chi connectivity index (χ4n) is 3.04. The Morgan fingerprint density at radius 3 is 2.64 bits per heavy atom. The molecular weight excluding hydrogens is 386 g/mol. The highest BCUT2D eigenvalue weighted by atomic mass is 32.2. The van der Waals surface area contributed by atoms with Crippen LogP contribution in [0.1, 0.15) is 18.5 Å². The molecule has 1 aromatic carbocycles. The zero-order valence-corrected chi connectivity index (χ0v) is 15.8. The number of thioether (sulfide) groups is 1. The fourth-order valence-corrected chi connectivity index (χ4v) is 4.37. The molecule has 9 nitrogen and oxygen atoms in total. The van der Waals surface area contributed by atoms with E-state index >= 15 is 0 Å². The van der Waals surface area contributed by atoms with Crippen molar-refractivity contribution in [2.75, 3.05) is 12.4 Å². The van der Waals surface area contributed by atoms with Gasteiger partial charge in [0.15, 0.2) is 0 Å². The highest BCUT2D eigenvalue weighted by molar-refractivity contribution is 8.00. The Balaban J connectivity index is 1.72. The lowest BCUT2D eigenvalue weighted by Crippen LogP contribution is -2.71. The second-order valence-corrected chi connectivity index (χ2v) is 7.43. The molecule has 0 bridgehead atoms. The molecular formula is C18H19N3O6S. The summed E-state index contributed by atoms with van der Waals surface area (Å²) >= 11 is 1.29. The number of esters is 1. The van der Waals surface area contributed by atoms with Gasteiger partial charge >= 0.3 is 11.9 Å². The number of nitrogens with zero attached hydrogens (tertiary/aromatic N) is 1. The number of rotatable bonds is 6. The molecule has 2 heterocycles. The Morgan fingerprint density at radius 1 is 1.36 bits per heavy atom. The van der Waals surface area contributed by atoms with E-state index in [1.165, 1.54) is 18.7 Å². The number of fused-ring (bicyclic) bond motifs is 1. The quantitative estimate of drug-likeness (QED) is 0.444. The first kappa shape index (κ1) is 19.9. The minimum Gasteiger partial charge on any atom is -0.477 e. The predicted molar refractivity (Wildman–Crippen MR) is 99.7 cm³/mol. The van der Waals surface area contributed by atoms with Gasteiger partial charge in [0.1, 0.15) is 29.8 Å². The third kappa shape index (κ3) is 3.73. The third-order valence-corrected chi connectivity index (χ3v) is 5.78. The average molecular weight is 405 g/mol. The molecule has 0 aromatic heterocycles. The molecule has 3 unspecified atom stereocenters. The Labute approximate surface area is 164 Å². The van der Waals surface area contributed by atoms with Gasteiger partial charge in [-0.15, -0.1) is 11.8 Å². The van der Waals surface area contributed by atoms with Crippen molar-refractivity contribution >= 4 is 35.5 Å². The Bertz CT molecular complexity index is 856. The first-order valence-corrected chi connectivity index (χ1v) is 9.50. The van der Waals surface area contributed by atoms with Crippen LogP contribution in [-0.4, -0.2) is 57.5 Å². The number of benzene rings is 1. The number of carboxylic acid groups (broad SMARTS) is 1. The number of amides is 2. The molecule has 0 radical (unpaired) electrons. The van der Waals surface area contributed by atoms with Gasteiger partial charge < -0.3 is 20.9 Å². The van der Waals surface area contributed by atoms with Crippen molar-refractivity contribution in [1.29, 1.82) is 0 Å². The number of aliphatic carboxylic acids is 1. The van der Waals surface area contributed by atoms with Crippen LogP contribution in [0.25, 0.3) is 0 Å². The average Bonchev–Trinajstić information content (AvgIpc) is 2.69. The van der Waals surface area contributed by atoms with Crippen LogP contribution in [0, 0.1) is 0 Å². The smallest absolute Gasteiger partial charge is 0.352 e. The van der Waals surface area contributed by atoms with Gasteiger partial charge in [-0.3, -0.25) is 19.3 Å². The summed E-state index contributed by atoms with van der Waals surface area (Å²) < 4.78 is 4.88. The number of β-lactam (4-membered cyclic amide) rings is 1. The molecule has 2 aliphatic rings. The molecule has 3 atom stereocenters. The summed E-state index contributed by atoms with van der Waals surface area (Å²) in [6.45, 7) is 1.02. The molecule has 2 amide bonds. The molecule has 0 saturated carbocycles. The van der Waals surface area contributed by atoms with Crippen LogP contribution < -0.4 is 11.1 Å². The van der Waals surface area contributed by atoms with E-state index in [1.807, 2.05) is 0 Å². The van der Waals surface area contributed by atoms with Crippen molar-refractivity contribution in [2.45, 2.75) is 24.4 Å². The predicted octanol–water partition coefficient (Wildman–Crippen LogP) is -0.0119. The van der Waals surface area contributed by atoms with E-state index in [9.17, 15) is 24.3 Å². The number of nitrogens with one attached hydrogen (secondary N) is 1. The molecule has 2 aliphatic heterocycles. The molecule has 148 valence electrons. The van der Waals surface area contributed by atoms with Gasteiger partial charge in [-0.25, -0.2) is 4.79 Å². The van der Waals surface area contributed by atoms with E-state index in [2.05, 4.69) is 5.32 Å². The van der Waals surface area contributed by atoms with Crippen LogP contribution in [-0.2, 0) is 23.9 Å². The van der Waals surface area contributed by atoms with Gasteiger partial charge in [-0.1, -0.05) is 30.3 Å². The van der Waals surface area contributed by atoms with E-state index in [-0.39, 0.29) is 18.1 Å². The molecule has 1 aromatic rings. The number of carbonyl (C=O) groups is 4. The van der Waals surface area contributed by atoms with Crippen LogP contribution in [0.3, 0.4) is 0 Å². The molecule has 28 heavy (non-hydrogen) atoms. The van der Waals surface area contributed by atoms with Crippen molar-refractivity contribution in [1.82, 2.24) is 10.2 Å². The largest absolute Gasteiger partial charge is 0.477 e. The number of carboxylic acids is 1. The van der Waals surface area contributed by atoms with Gasteiger partial charge in [0.25, 0.3) is 5.91 Å². The summed E-state index contributed by atoms with van der Waals surface area (Å²) in [6, 6.07) is 6.92. The SMILES string of the molecule is CC(=O)OCC1=C(C(=O)O)N2C(=O)C(NC(=O)C(N)c3ccccc3)C2SC1. The lowest BCUT2D eigenvalue weighted by Gasteiger charge is -2.49. The van der Waals surface area contributed by atoms with Crippen LogP contribution in [0.2, 0.25) is 0 Å². The summed E-state index contributed by atoms with van der Waals surface area (Å²) in [5, 5.41) is 11.6. The third-order valence-electron chi connectivity index (χ3n) is 4.44. The highest BCUT2D eigenvalue weighted by Crippen LogP contribution is 2.40. The standard InChI is InChI=1S/C18H19N3O6S/c1-9(22)27-7-11-8-28-17-13(16(24)21(17)14(11)18(25)26)20-15(23)12(19)10-5-3-2-4-6-10/h2-6,12-13,17H,7-8,19H2,1H3,(H,20,23)(H,25,26). The van der Waals surface area contributed by atoms with Crippen LogP contribution in [0.5, 0.6) is 0 Å². The van der Waals surface area contributed by atoms with Gasteiger partial charge in [0, 0.05) is 18.2 Å². The van der Waals surface area contributed by atoms with Gasteiger partial charge in [-0.2, -0.15) is 0 Å². The second-order valence-electron chi connectivity index (χ2n) is 6.32.